The van der Waals surface area contributed by atoms with Crippen molar-refractivity contribution in [3.05, 3.63) is 70.0 Å². The average Bonchev–Trinajstić information content (AvgIpc) is 2.37. The van der Waals surface area contributed by atoms with Crippen molar-refractivity contribution < 1.29 is 4.39 Å². The largest absolute Gasteiger partial charge is 0.313 e. The van der Waals surface area contributed by atoms with Crippen molar-refractivity contribution in [2.75, 3.05) is 7.05 Å². The third kappa shape index (κ3) is 3.26. The first-order valence-corrected chi connectivity index (χ1v) is 7.00. The van der Waals surface area contributed by atoms with Crippen LogP contribution in [0.3, 0.4) is 0 Å². The molecule has 0 aliphatic heterocycles. The molecule has 1 nitrogen and oxygen atoms in total. The topological polar surface area (TPSA) is 12.0 Å². The fourth-order valence-corrected chi connectivity index (χ4v) is 2.73. The van der Waals surface area contributed by atoms with Crippen molar-refractivity contribution >= 4 is 0 Å². The van der Waals surface area contributed by atoms with Crippen LogP contribution in [-0.2, 0) is 6.42 Å². The third-order valence-electron chi connectivity index (χ3n) is 3.87. The second kappa shape index (κ2) is 6.19. The summed E-state index contributed by atoms with van der Waals surface area (Å²) in [5.74, 6) is -0.165. The fourth-order valence-electron chi connectivity index (χ4n) is 2.73. The number of hydrogen-bond donors (Lipinski definition) is 1. The second-order valence-electron chi connectivity index (χ2n) is 5.48. The molecular weight excluding hydrogens is 249 g/mol. The van der Waals surface area contributed by atoms with E-state index in [4.69, 9.17) is 0 Å². The molecule has 0 aliphatic rings. The van der Waals surface area contributed by atoms with Gasteiger partial charge in [0.2, 0.25) is 0 Å². The lowest BCUT2D eigenvalue weighted by atomic mass is 9.92. The maximum atomic E-state index is 13.6. The SMILES string of the molecule is CNC(Cc1c(C)cccc1C)c1cc(C)cc(F)c1. The van der Waals surface area contributed by atoms with Crippen LogP contribution < -0.4 is 5.32 Å². The number of aryl methyl sites for hydroxylation is 3. The van der Waals surface area contributed by atoms with Crippen LogP contribution in [0.25, 0.3) is 0 Å². The predicted molar refractivity (Wildman–Crippen MR) is 82.6 cm³/mol. The van der Waals surface area contributed by atoms with E-state index in [2.05, 4.69) is 43.4 Å². The zero-order valence-corrected chi connectivity index (χ0v) is 12.6. The highest BCUT2D eigenvalue weighted by molar-refractivity contribution is 5.36. The lowest BCUT2D eigenvalue weighted by Crippen LogP contribution is -2.20. The van der Waals surface area contributed by atoms with Crippen molar-refractivity contribution in [2.45, 2.75) is 33.2 Å². The molecule has 1 N–H and O–H groups in total. The summed E-state index contributed by atoms with van der Waals surface area (Å²) in [4.78, 5) is 0. The van der Waals surface area contributed by atoms with E-state index in [-0.39, 0.29) is 11.9 Å². The molecule has 2 heteroatoms. The lowest BCUT2D eigenvalue weighted by Gasteiger charge is -2.20. The van der Waals surface area contributed by atoms with Crippen molar-refractivity contribution in [3.8, 4) is 0 Å². The third-order valence-corrected chi connectivity index (χ3v) is 3.87. The van der Waals surface area contributed by atoms with Crippen LogP contribution in [0.15, 0.2) is 36.4 Å². The van der Waals surface area contributed by atoms with Crippen molar-refractivity contribution in [1.29, 1.82) is 0 Å². The molecule has 0 aromatic heterocycles. The van der Waals surface area contributed by atoms with Crippen molar-refractivity contribution in [2.24, 2.45) is 0 Å². The minimum absolute atomic E-state index is 0.129. The number of halogens is 1. The smallest absolute Gasteiger partial charge is 0.123 e. The van der Waals surface area contributed by atoms with Gasteiger partial charge in [-0.2, -0.15) is 0 Å². The van der Waals surface area contributed by atoms with Gasteiger partial charge in [0.15, 0.2) is 0 Å². The molecule has 0 amide bonds. The van der Waals surface area contributed by atoms with Gasteiger partial charge in [0.25, 0.3) is 0 Å². The Morgan fingerprint density at radius 2 is 1.70 bits per heavy atom. The Morgan fingerprint density at radius 1 is 1.05 bits per heavy atom. The monoisotopic (exact) mass is 271 g/mol. The van der Waals surface area contributed by atoms with E-state index in [1.807, 2.05) is 14.0 Å². The van der Waals surface area contributed by atoms with Crippen LogP contribution in [0.1, 0.15) is 33.9 Å². The van der Waals surface area contributed by atoms with Crippen LogP contribution in [0.4, 0.5) is 4.39 Å². The molecule has 0 saturated carbocycles. The number of hydrogen-bond acceptors (Lipinski definition) is 1. The molecular formula is C18H22FN. The van der Waals surface area contributed by atoms with Gasteiger partial charge in [-0.1, -0.05) is 24.3 Å². The summed E-state index contributed by atoms with van der Waals surface area (Å²) in [6, 6.07) is 11.7. The summed E-state index contributed by atoms with van der Waals surface area (Å²) in [5.41, 5.74) is 5.89. The number of rotatable bonds is 4. The van der Waals surface area contributed by atoms with Gasteiger partial charge < -0.3 is 5.32 Å². The molecule has 0 heterocycles. The molecule has 0 spiro atoms. The van der Waals surface area contributed by atoms with Crippen LogP contribution in [0, 0.1) is 26.6 Å². The first kappa shape index (κ1) is 14.7. The molecule has 0 radical (unpaired) electrons. The van der Waals surface area contributed by atoms with E-state index in [0.29, 0.717) is 0 Å². The van der Waals surface area contributed by atoms with Gasteiger partial charge in [-0.15, -0.1) is 0 Å². The zero-order chi connectivity index (χ0) is 14.7. The van der Waals surface area contributed by atoms with E-state index in [1.54, 1.807) is 12.1 Å². The van der Waals surface area contributed by atoms with Gasteiger partial charge in [-0.3, -0.25) is 0 Å². The highest BCUT2D eigenvalue weighted by Crippen LogP contribution is 2.24. The lowest BCUT2D eigenvalue weighted by molar-refractivity contribution is 0.574. The summed E-state index contributed by atoms with van der Waals surface area (Å²) < 4.78 is 13.6. The minimum atomic E-state index is -0.165. The van der Waals surface area contributed by atoms with Crippen LogP contribution in [0.5, 0.6) is 0 Å². The molecule has 2 rings (SSSR count). The molecule has 0 saturated heterocycles. The standard InChI is InChI=1S/C18H22FN/c1-12-8-15(10-16(19)9-12)18(20-4)11-17-13(2)6-5-7-14(17)3/h5-10,18,20H,11H2,1-4H3. The number of nitrogens with one attached hydrogen (secondary N) is 1. The zero-order valence-electron chi connectivity index (χ0n) is 12.6. The van der Waals surface area contributed by atoms with E-state index in [1.165, 1.54) is 16.7 Å². The summed E-state index contributed by atoms with van der Waals surface area (Å²) in [6.45, 7) is 6.19. The number of likely N-dealkylation sites (N-methyl/N-ethyl adjacent to an activating group) is 1. The Labute approximate surface area is 120 Å². The van der Waals surface area contributed by atoms with E-state index in [9.17, 15) is 4.39 Å². The maximum absolute atomic E-state index is 13.6. The Balaban J connectivity index is 2.33. The van der Waals surface area contributed by atoms with Crippen LogP contribution in [-0.4, -0.2) is 7.05 Å². The molecule has 2 aromatic rings. The first-order valence-electron chi connectivity index (χ1n) is 7.00. The van der Waals surface area contributed by atoms with Crippen LogP contribution in [0.2, 0.25) is 0 Å². The van der Waals surface area contributed by atoms with Gasteiger partial charge in [0, 0.05) is 6.04 Å². The Hall–Kier alpha value is -1.67. The van der Waals surface area contributed by atoms with Gasteiger partial charge >= 0.3 is 0 Å². The van der Waals surface area contributed by atoms with Gasteiger partial charge in [0.1, 0.15) is 5.82 Å². The fraction of sp³-hybridized carbons (Fsp3) is 0.333. The Bertz CT molecular complexity index is 564. The summed E-state index contributed by atoms with van der Waals surface area (Å²) in [7, 11) is 1.93. The second-order valence-corrected chi connectivity index (χ2v) is 5.48. The maximum Gasteiger partial charge on any atom is 0.123 e. The van der Waals surface area contributed by atoms with Gasteiger partial charge in [-0.05, 0) is 74.2 Å². The molecule has 1 unspecified atom stereocenters. The summed E-state index contributed by atoms with van der Waals surface area (Å²) >= 11 is 0. The van der Waals surface area contributed by atoms with E-state index >= 15 is 0 Å². The molecule has 2 aromatic carbocycles. The highest BCUT2D eigenvalue weighted by atomic mass is 19.1. The Morgan fingerprint density at radius 3 is 2.25 bits per heavy atom. The molecule has 106 valence electrons. The summed E-state index contributed by atoms with van der Waals surface area (Å²) in [6.07, 6.45) is 0.873. The van der Waals surface area contributed by atoms with Crippen LogP contribution >= 0.6 is 0 Å². The summed E-state index contributed by atoms with van der Waals surface area (Å²) in [5, 5.41) is 3.31. The molecule has 0 bridgehead atoms. The van der Waals surface area contributed by atoms with Crippen molar-refractivity contribution in [3.63, 3.8) is 0 Å². The first-order chi connectivity index (χ1) is 9.51. The van der Waals surface area contributed by atoms with Gasteiger partial charge in [-0.25, -0.2) is 4.39 Å². The van der Waals surface area contributed by atoms with E-state index < -0.39 is 0 Å². The quantitative estimate of drug-likeness (QED) is 0.876. The predicted octanol–water partition coefficient (Wildman–Crippen LogP) is 4.25. The molecule has 0 aliphatic carbocycles. The molecule has 1 atom stereocenters. The van der Waals surface area contributed by atoms with E-state index in [0.717, 1.165) is 17.5 Å². The Kier molecular flexibility index (Phi) is 4.56. The number of benzene rings is 2. The normalized spacial score (nSPS) is 12.4. The van der Waals surface area contributed by atoms with Crippen molar-refractivity contribution in [1.82, 2.24) is 5.32 Å². The minimum Gasteiger partial charge on any atom is -0.313 e. The van der Waals surface area contributed by atoms with Gasteiger partial charge in [0.05, 0.1) is 0 Å². The molecule has 20 heavy (non-hydrogen) atoms. The molecule has 0 fully saturated rings. The highest BCUT2D eigenvalue weighted by Gasteiger charge is 2.14. The average molecular weight is 271 g/mol.